The quantitative estimate of drug-likeness (QED) is 0.540. The molecule has 0 radical (unpaired) electrons. The SMILES string of the molecule is CC1CC[C@@]2(C)C(=CC[C@@H]3[C@H]2CC[C@]2(C)C(=O)C(C)(F)C[C@@H]32)C1. The minimum Gasteiger partial charge on any atom is -0.295 e. The summed E-state index contributed by atoms with van der Waals surface area (Å²) in [5.41, 5.74) is -0.0163. The zero-order valence-corrected chi connectivity index (χ0v) is 15.1. The molecule has 2 heteroatoms. The smallest absolute Gasteiger partial charge is 0.175 e. The Morgan fingerprint density at radius 3 is 2.52 bits per heavy atom. The van der Waals surface area contributed by atoms with Gasteiger partial charge in [-0.1, -0.05) is 32.4 Å². The maximum absolute atomic E-state index is 14.8. The molecule has 128 valence electrons. The van der Waals surface area contributed by atoms with Crippen molar-refractivity contribution in [1.82, 2.24) is 0 Å². The third kappa shape index (κ3) is 1.99. The molecule has 3 saturated carbocycles. The number of hydrogen-bond acceptors (Lipinski definition) is 1. The summed E-state index contributed by atoms with van der Waals surface area (Å²) in [4.78, 5) is 12.7. The van der Waals surface area contributed by atoms with Crippen LogP contribution in [0.1, 0.15) is 72.6 Å². The minimum absolute atomic E-state index is 0.106. The van der Waals surface area contributed by atoms with E-state index < -0.39 is 11.1 Å². The predicted molar refractivity (Wildman–Crippen MR) is 90.8 cm³/mol. The molecule has 0 bridgehead atoms. The maximum atomic E-state index is 14.8. The number of rotatable bonds is 0. The van der Waals surface area contributed by atoms with Gasteiger partial charge < -0.3 is 0 Å². The number of Topliss-reactive ketones (excluding diaryl/α,β-unsaturated/α-hetero) is 1. The van der Waals surface area contributed by atoms with Crippen molar-refractivity contribution in [2.75, 3.05) is 0 Å². The van der Waals surface area contributed by atoms with Crippen molar-refractivity contribution in [2.45, 2.75) is 78.3 Å². The molecule has 1 nitrogen and oxygen atoms in total. The Kier molecular flexibility index (Phi) is 3.24. The first kappa shape index (κ1) is 15.8. The van der Waals surface area contributed by atoms with E-state index >= 15 is 0 Å². The molecule has 4 aliphatic rings. The van der Waals surface area contributed by atoms with Crippen LogP contribution in [0.5, 0.6) is 0 Å². The number of halogens is 1. The number of ketones is 1. The lowest BCUT2D eigenvalue weighted by Gasteiger charge is -2.56. The van der Waals surface area contributed by atoms with Crippen LogP contribution >= 0.6 is 0 Å². The van der Waals surface area contributed by atoms with E-state index in [9.17, 15) is 9.18 Å². The first-order valence-electron chi connectivity index (χ1n) is 9.62. The normalized spacial score (nSPS) is 55.7. The highest BCUT2D eigenvalue weighted by Crippen LogP contribution is 2.65. The number of carbonyl (C=O) groups is 1. The Balaban J connectivity index is 1.71. The summed E-state index contributed by atoms with van der Waals surface area (Å²) in [7, 11) is 0. The molecule has 0 N–H and O–H groups in total. The van der Waals surface area contributed by atoms with Crippen molar-refractivity contribution in [1.29, 1.82) is 0 Å². The Morgan fingerprint density at radius 1 is 1.09 bits per heavy atom. The Bertz CT molecular complexity index is 576. The van der Waals surface area contributed by atoms with Crippen molar-refractivity contribution in [2.24, 2.45) is 34.5 Å². The van der Waals surface area contributed by atoms with Crippen molar-refractivity contribution in [3.63, 3.8) is 0 Å². The maximum Gasteiger partial charge on any atom is 0.175 e. The van der Waals surface area contributed by atoms with E-state index in [4.69, 9.17) is 0 Å². The van der Waals surface area contributed by atoms with Gasteiger partial charge >= 0.3 is 0 Å². The summed E-state index contributed by atoms with van der Waals surface area (Å²) >= 11 is 0. The number of alkyl halides is 1. The van der Waals surface area contributed by atoms with E-state index in [-0.39, 0.29) is 11.7 Å². The van der Waals surface area contributed by atoms with Gasteiger partial charge in [-0.15, -0.1) is 0 Å². The summed E-state index contributed by atoms with van der Waals surface area (Å²) in [6, 6.07) is 0. The lowest BCUT2D eigenvalue weighted by molar-refractivity contribution is -0.138. The average Bonchev–Trinajstić information content (AvgIpc) is 2.68. The minimum atomic E-state index is -1.60. The van der Waals surface area contributed by atoms with Gasteiger partial charge in [-0.2, -0.15) is 0 Å². The molecule has 4 rings (SSSR count). The molecule has 0 aromatic rings. The standard InChI is InChI=1S/C21H31FO/c1-13-7-9-19(2)14(11-13)5-6-15-16(19)8-10-20(3)17(15)12-21(4,22)18(20)23/h5,13,15-17H,6-12H2,1-4H3/t13?,15-,16-,17+,19+,20+,21?/m1/s1. The molecule has 0 amide bonds. The van der Waals surface area contributed by atoms with E-state index in [2.05, 4.69) is 26.8 Å². The van der Waals surface area contributed by atoms with Gasteiger partial charge in [0.05, 0.1) is 0 Å². The first-order chi connectivity index (χ1) is 10.7. The van der Waals surface area contributed by atoms with Crippen LogP contribution < -0.4 is 0 Å². The molecule has 3 fully saturated rings. The molecule has 0 saturated heterocycles. The Morgan fingerprint density at radius 2 is 1.78 bits per heavy atom. The summed E-state index contributed by atoms with van der Waals surface area (Å²) in [6.45, 7) is 8.43. The summed E-state index contributed by atoms with van der Waals surface area (Å²) in [5, 5.41) is 0. The van der Waals surface area contributed by atoms with Gasteiger partial charge in [-0.25, -0.2) is 4.39 Å². The largest absolute Gasteiger partial charge is 0.295 e. The highest BCUT2D eigenvalue weighted by Gasteiger charge is 2.64. The lowest BCUT2D eigenvalue weighted by atomic mass is 9.47. The number of carbonyl (C=O) groups excluding carboxylic acids is 1. The van der Waals surface area contributed by atoms with Crippen LogP contribution in [0.3, 0.4) is 0 Å². The summed E-state index contributed by atoms with van der Waals surface area (Å²) in [5.74, 6) is 2.12. The fraction of sp³-hybridized carbons (Fsp3) is 0.857. The topological polar surface area (TPSA) is 17.1 Å². The molecular formula is C21H31FO. The first-order valence-corrected chi connectivity index (χ1v) is 9.62. The molecular weight excluding hydrogens is 287 g/mol. The fourth-order valence-corrected chi connectivity index (χ4v) is 6.92. The van der Waals surface area contributed by atoms with Crippen molar-refractivity contribution in [3.05, 3.63) is 11.6 Å². The van der Waals surface area contributed by atoms with Crippen LogP contribution in [0.4, 0.5) is 4.39 Å². The van der Waals surface area contributed by atoms with Gasteiger partial charge in [0.25, 0.3) is 0 Å². The van der Waals surface area contributed by atoms with Crippen LogP contribution in [-0.2, 0) is 4.79 Å². The zero-order chi connectivity index (χ0) is 16.6. The molecule has 0 spiro atoms. The van der Waals surface area contributed by atoms with E-state index in [0.29, 0.717) is 23.7 Å². The average molecular weight is 318 g/mol. The second-order valence-electron chi connectivity index (χ2n) is 9.79. The Labute approximate surface area is 140 Å². The van der Waals surface area contributed by atoms with Crippen LogP contribution in [0, 0.1) is 34.5 Å². The predicted octanol–water partition coefficient (Wildman–Crippen LogP) is 5.49. The van der Waals surface area contributed by atoms with Gasteiger partial charge in [-0.05, 0) is 81.0 Å². The van der Waals surface area contributed by atoms with Gasteiger partial charge in [0.2, 0.25) is 0 Å². The van der Waals surface area contributed by atoms with Crippen molar-refractivity contribution >= 4 is 5.78 Å². The lowest BCUT2D eigenvalue weighted by Crippen LogP contribution is -2.50. The summed E-state index contributed by atoms with van der Waals surface area (Å²) < 4.78 is 14.8. The molecule has 2 unspecified atom stereocenters. The van der Waals surface area contributed by atoms with Crippen LogP contribution in [0.25, 0.3) is 0 Å². The monoisotopic (exact) mass is 318 g/mol. The molecule has 7 atom stereocenters. The molecule has 4 aliphatic carbocycles. The van der Waals surface area contributed by atoms with Crippen molar-refractivity contribution in [3.8, 4) is 0 Å². The van der Waals surface area contributed by atoms with Crippen LogP contribution in [0.15, 0.2) is 11.6 Å². The highest BCUT2D eigenvalue weighted by atomic mass is 19.1. The van der Waals surface area contributed by atoms with Gasteiger partial charge in [0, 0.05) is 5.41 Å². The summed E-state index contributed by atoms with van der Waals surface area (Å²) in [6.07, 6.45) is 9.88. The van der Waals surface area contributed by atoms with Gasteiger partial charge in [-0.3, -0.25) is 4.79 Å². The van der Waals surface area contributed by atoms with Gasteiger partial charge in [0.1, 0.15) is 0 Å². The Hall–Kier alpha value is -0.660. The van der Waals surface area contributed by atoms with E-state index in [1.807, 2.05) is 0 Å². The highest BCUT2D eigenvalue weighted by molar-refractivity contribution is 5.94. The number of fused-ring (bicyclic) bond motifs is 5. The van der Waals surface area contributed by atoms with E-state index in [0.717, 1.165) is 25.2 Å². The number of hydrogen-bond donors (Lipinski definition) is 0. The van der Waals surface area contributed by atoms with Crippen molar-refractivity contribution < 1.29 is 9.18 Å². The number of allylic oxidation sites excluding steroid dienone is 2. The van der Waals surface area contributed by atoms with Crippen LogP contribution in [-0.4, -0.2) is 11.5 Å². The molecule has 0 aromatic carbocycles. The van der Waals surface area contributed by atoms with E-state index in [1.165, 1.54) is 26.2 Å². The second kappa shape index (κ2) is 4.70. The third-order valence-electron chi connectivity index (χ3n) is 8.34. The molecule has 0 aliphatic heterocycles. The second-order valence-corrected chi connectivity index (χ2v) is 9.79. The third-order valence-corrected chi connectivity index (χ3v) is 8.34. The molecule has 0 aromatic heterocycles. The van der Waals surface area contributed by atoms with E-state index in [1.54, 1.807) is 5.57 Å². The van der Waals surface area contributed by atoms with Crippen LogP contribution in [0.2, 0.25) is 0 Å². The molecule has 23 heavy (non-hydrogen) atoms. The molecule has 0 heterocycles. The zero-order valence-electron chi connectivity index (χ0n) is 15.1. The van der Waals surface area contributed by atoms with Gasteiger partial charge in [0.15, 0.2) is 11.5 Å². The fourth-order valence-electron chi connectivity index (χ4n) is 6.92.